The quantitative estimate of drug-likeness (QED) is 0.0108. The summed E-state index contributed by atoms with van der Waals surface area (Å²) >= 11 is 0. The fraction of sp³-hybridized carbons (Fsp3) is 0.625. The van der Waals surface area contributed by atoms with E-state index >= 15 is 0 Å². The second kappa shape index (κ2) is 36.1. The third-order valence-corrected chi connectivity index (χ3v) is 13.8. The van der Waals surface area contributed by atoms with E-state index in [0.29, 0.717) is 5.56 Å². The molecule has 5 amide bonds. The Morgan fingerprint density at radius 3 is 1.67 bits per heavy atom. The second-order valence-electron chi connectivity index (χ2n) is 21.3. The normalized spacial score (nSPS) is 24.1. The molecule has 92 heavy (non-hydrogen) atoms. The van der Waals surface area contributed by atoms with Crippen LogP contribution >= 0.6 is 0 Å². The van der Waals surface area contributed by atoms with Crippen molar-refractivity contribution in [3.05, 3.63) is 35.9 Å². The number of aliphatic carboxylic acids is 2. The monoisotopic (exact) mass is 1310 g/mol. The molecule has 3 aliphatic rings. The molecule has 3 saturated heterocycles. The molecular formula is C56H79N9O27. The molecule has 3 fully saturated rings. The van der Waals surface area contributed by atoms with Crippen LogP contribution in [0.25, 0.3) is 0 Å². The van der Waals surface area contributed by atoms with Crippen LogP contribution in [0.2, 0.25) is 0 Å². The molecule has 3 heterocycles. The predicted molar refractivity (Wildman–Crippen MR) is 305 cm³/mol. The molecule has 1 aromatic rings. The van der Waals surface area contributed by atoms with E-state index in [4.69, 9.17) is 69.3 Å². The molecule has 0 aromatic heterocycles. The van der Waals surface area contributed by atoms with Crippen molar-refractivity contribution in [1.82, 2.24) is 26.2 Å². The maximum Gasteiger partial charge on any atom is 0.326 e. The maximum atomic E-state index is 14.6. The van der Waals surface area contributed by atoms with Crippen LogP contribution in [0.4, 0.5) is 0 Å². The smallest absolute Gasteiger partial charge is 0.326 e. The number of likely N-dealkylation sites (tertiary alicyclic amines) is 1. The van der Waals surface area contributed by atoms with Crippen LogP contribution in [0.5, 0.6) is 0 Å². The van der Waals surface area contributed by atoms with E-state index in [9.17, 15) is 77.3 Å². The van der Waals surface area contributed by atoms with E-state index in [1.54, 1.807) is 30.3 Å². The summed E-state index contributed by atoms with van der Waals surface area (Å²) in [6, 6.07) is 0.249. The summed E-state index contributed by atoms with van der Waals surface area (Å²) in [5.41, 5.74) is 18.1. The SMILES string of the molecule is CC(=O)OC[C@H]1O[C@@H](O[C@H]2[C@H](O[C@H](C)[C@H](N)C(=O)N3CCC[C@H]3C(=O)N[C@@H](CCCN=C(N)N)C(=O)NCC(=O)N[C@@H](CC(=O)O)C(=O)N[C@@H](Cc3ccccc3)C(=O)O)O[C@H](COC(C)=O)[C@@H](OC(C)=O)[C@@H]2OC(C)=O)[C@H](OC(C)=O)[C@@H](OC(C)=O)[C@@H]1OC(C)=O. The number of hydrogen-bond donors (Lipinski definition) is 9. The Kier molecular flexibility index (Phi) is 29.5. The number of benzene rings is 1. The third kappa shape index (κ3) is 23.9. The molecule has 0 radical (unpaired) electrons. The summed E-state index contributed by atoms with van der Waals surface area (Å²) < 4.78 is 63.4. The van der Waals surface area contributed by atoms with Crippen molar-refractivity contribution in [1.29, 1.82) is 0 Å². The van der Waals surface area contributed by atoms with E-state index in [-0.39, 0.29) is 51.2 Å². The van der Waals surface area contributed by atoms with E-state index in [1.165, 1.54) is 6.92 Å². The highest BCUT2D eigenvalue weighted by atomic mass is 16.8. The lowest BCUT2D eigenvalue weighted by atomic mass is 9.96. The molecule has 3 aliphatic heterocycles. The number of nitrogens with one attached hydrogen (secondary N) is 4. The first-order chi connectivity index (χ1) is 43.3. The minimum absolute atomic E-state index is 0.00244. The molecule has 0 aliphatic carbocycles. The van der Waals surface area contributed by atoms with Gasteiger partial charge >= 0.3 is 53.7 Å². The summed E-state index contributed by atoms with van der Waals surface area (Å²) in [4.78, 5) is 186. The molecule has 12 N–H and O–H groups in total. The number of carboxylic acid groups (broad SMARTS) is 2. The van der Waals surface area contributed by atoms with Gasteiger partial charge in [-0.2, -0.15) is 0 Å². The minimum atomic E-state index is -2.05. The van der Waals surface area contributed by atoms with Crippen LogP contribution in [-0.2, 0) is 126 Å². The lowest BCUT2D eigenvalue weighted by Gasteiger charge is -2.49. The van der Waals surface area contributed by atoms with E-state index in [1.807, 2.05) is 0 Å². The largest absolute Gasteiger partial charge is 0.481 e. The van der Waals surface area contributed by atoms with E-state index in [2.05, 4.69) is 26.3 Å². The van der Waals surface area contributed by atoms with Crippen LogP contribution in [0, 0.1) is 0 Å². The number of aliphatic imine (C=N–C) groups is 1. The number of carbonyl (C=O) groups excluding carboxylic acids is 12. The Balaban J connectivity index is 1.65. The molecule has 16 atom stereocenters. The average Bonchev–Trinajstić information content (AvgIpc) is 0.844. The summed E-state index contributed by atoms with van der Waals surface area (Å²) in [6.45, 7) is 5.65. The highest BCUT2D eigenvalue weighted by Crippen LogP contribution is 2.36. The zero-order valence-corrected chi connectivity index (χ0v) is 51.6. The Hall–Kier alpha value is -9.13. The highest BCUT2D eigenvalue weighted by molar-refractivity contribution is 5.96. The van der Waals surface area contributed by atoms with Crippen molar-refractivity contribution in [2.45, 2.75) is 192 Å². The van der Waals surface area contributed by atoms with E-state index in [0.717, 1.165) is 53.4 Å². The maximum absolute atomic E-state index is 14.6. The minimum Gasteiger partial charge on any atom is -0.481 e. The van der Waals surface area contributed by atoms with Gasteiger partial charge in [0.2, 0.25) is 29.5 Å². The van der Waals surface area contributed by atoms with Gasteiger partial charge < -0.3 is 106 Å². The fourth-order valence-corrected chi connectivity index (χ4v) is 9.85. The lowest BCUT2D eigenvalue weighted by Crippen LogP contribution is -2.67. The molecular weight excluding hydrogens is 1230 g/mol. The molecule has 36 nitrogen and oxygen atoms in total. The van der Waals surface area contributed by atoms with Crippen LogP contribution in [0.15, 0.2) is 35.3 Å². The summed E-state index contributed by atoms with van der Waals surface area (Å²) in [7, 11) is 0. The van der Waals surface area contributed by atoms with Gasteiger partial charge in [0.25, 0.3) is 0 Å². The molecule has 0 spiro atoms. The zero-order chi connectivity index (χ0) is 68.7. The Morgan fingerprint density at radius 1 is 0.641 bits per heavy atom. The first-order valence-electron chi connectivity index (χ1n) is 28.8. The van der Waals surface area contributed by atoms with E-state index < -0.39 is 207 Å². The van der Waals surface area contributed by atoms with Gasteiger partial charge in [0.05, 0.1) is 19.1 Å². The standard InChI is InChI=1S/C56H79N9O27/c1-25(84-54-48(46(88-31(7)71)44(86-29(5)69)38(90-54)23-82-26(2)66)92-55-47(89-32(8)72)45(87-30(6)70)43(85-28(4)68)39(91-55)24-83-27(3)67)42(57)52(79)65-19-13-17-37(65)51(78)63-34(16-12-18-60-56(58)59)49(76)61-22-40(73)62-35(21-41(74)75)50(77)64-36(53(80)81)20-33-14-10-9-11-15-33/h9-11,14-15,25,34-39,42-48,54-55H,12-13,16-24,57H2,1-8H3,(H,61,76)(H,62,73)(H,63,78)(H,64,77)(H,74,75)(H,80,81)(H4,58,59,60)/t25-,34+,35+,36+,37+,38-,39-,42+,43-,44-,45+,46+,47-,48-,54-,55+/m1/s1. The zero-order valence-electron chi connectivity index (χ0n) is 51.6. The van der Waals surface area contributed by atoms with Gasteiger partial charge in [0.1, 0.15) is 55.6 Å². The predicted octanol–water partition coefficient (Wildman–Crippen LogP) is -4.24. The fourth-order valence-electron chi connectivity index (χ4n) is 9.85. The van der Waals surface area contributed by atoms with Gasteiger partial charge in [-0.25, -0.2) is 4.79 Å². The van der Waals surface area contributed by atoms with Crippen LogP contribution in [0.1, 0.15) is 93.1 Å². The second-order valence-corrected chi connectivity index (χ2v) is 21.3. The van der Waals surface area contributed by atoms with Crippen molar-refractivity contribution in [3.63, 3.8) is 0 Å². The third-order valence-electron chi connectivity index (χ3n) is 13.8. The number of rotatable bonds is 32. The van der Waals surface area contributed by atoms with Gasteiger partial charge in [-0.05, 0) is 38.2 Å². The van der Waals surface area contributed by atoms with Gasteiger partial charge in [-0.1, -0.05) is 30.3 Å². The Morgan fingerprint density at radius 2 is 1.16 bits per heavy atom. The molecule has 4 rings (SSSR count). The van der Waals surface area contributed by atoms with Gasteiger partial charge in [-0.15, -0.1) is 0 Å². The summed E-state index contributed by atoms with van der Waals surface area (Å²) in [6.07, 6.45) is -21.0. The number of hydrogen-bond acceptors (Lipinski definition) is 27. The van der Waals surface area contributed by atoms with Crippen molar-refractivity contribution in [2.75, 3.05) is 32.8 Å². The van der Waals surface area contributed by atoms with Crippen molar-refractivity contribution in [3.8, 4) is 0 Å². The Labute approximate surface area is 526 Å². The highest BCUT2D eigenvalue weighted by Gasteiger charge is 2.58. The number of guanidine groups is 1. The number of ether oxygens (including phenoxy) is 11. The molecule has 0 bridgehead atoms. The topological polar surface area (TPSA) is 523 Å². The van der Waals surface area contributed by atoms with Gasteiger partial charge in [0, 0.05) is 68.0 Å². The molecule has 0 unspecified atom stereocenters. The number of carboxylic acids is 2. The molecule has 1 aromatic carbocycles. The number of esters is 7. The average molecular weight is 1310 g/mol. The number of nitrogens with zero attached hydrogens (tertiary/aromatic N) is 2. The van der Waals surface area contributed by atoms with Crippen molar-refractivity contribution in [2.24, 2.45) is 22.2 Å². The van der Waals surface area contributed by atoms with Crippen molar-refractivity contribution < 1.29 is 129 Å². The lowest BCUT2D eigenvalue weighted by molar-refractivity contribution is -0.372. The molecule has 36 heteroatoms. The Bertz CT molecular complexity index is 2860. The number of carbonyl (C=O) groups is 14. The van der Waals surface area contributed by atoms with Gasteiger partial charge in [0.15, 0.2) is 55.2 Å². The van der Waals surface area contributed by atoms with Crippen LogP contribution in [0.3, 0.4) is 0 Å². The van der Waals surface area contributed by atoms with Crippen molar-refractivity contribution >= 4 is 89.2 Å². The molecule has 510 valence electrons. The van der Waals surface area contributed by atoms with Gasteiger partial charge in [-0.3, -0.25) is 67.3 Å². The first-order valence-corrected chi connectivity index (χ1v) is 28.8. The number of amides is 5. The molecule has 0 saturated carbocycles. The number of nitrogens with two attached hydrogens (primary N) is 3. The van der Waals surface area contributed by atoms with Crippen LogP contribution in [-0.4, -0.2) is 235 Å². The van der Waals surface area contributed by atoms with Crippen LogP contribution < -0.4 is 38.5 Å². The summed E-state index contributed by atoms with van der Waals surface area (Å²) in [5.74, 6) is -15.2. The summed E-state index contributed by atoms with van der Waals surface area (Å²) in [5, 5.41) is 28.6. The first kappa shape index (κ1) is 75.3.